The molecule has 0 aliphatic heterocycles. The van der Waals surface area contributed by atoms with Gasteiger partial charge in [-0.25, -0.2) is 0 Å². The highest BCUT2D eigenvalue weighted by Crippen LogP contribution is 2.17. The summed E-state index contributed by atoms with van der Waals surface area (Å²) in [6.45, 7) is 5.99. The number of aryl methyl sites for hydroxylation is 1. The first-order valence-corrected chi connectivity index (χ1v) is 8.28. The molecule has 0 aromatic heterocycles. The molecule has 0 saturated carbocycles. The summed E-state index contributed by atoms with van der Waals surface area (Å²) in [7, 11) is 1.62. The summed E-state index contributed by atoms with van der Waals surface area (Å²) in [5.74, 6) is 2.00. The monoisotopic (exact) mass is 343 g/mol. The second kappa shape index (κ2) is 8.97. The van der Waals surface area contributed by atoms with E-state index in [-0.39, 0.29) is 11.9 Å². The van der Waals surface area contributed by atoms with Crippen LogP contribution >= 0.6 is 0 Å². The number of hydrogen-bond donors (Lipinski definition) is 1. The van der Waals surface area contributed by atoms with Gasteiger partial charge in [-0.2, -0.15) is 0 Å². The third-order valence-corrected chi connectivity index (χ3v) is 3.65. The number of methoxy groups -OCH3 is 1. The van der Waals surface area contributed by atoms with E-state index in [2.05, 4.69) is 5.32 Å². The fourth-order valence-corrected chi connectivity index (χ4v) is 2.17. The van der Waals surface area contributed by atoms with E-state index in [1.807, 2.05) is 62.4 Å². The summed E-state index contributed by atoms with van der Waals surface area (Å²) in [5, 5.41) is 2.89. The molecule has 0 aliphatic carbocycles. The van der Waals surface area contributed by atoms with E-state index in [1.54, 1.807) is 14.0 Å². The van der Waals surface area contributed by atoms with Crippen LogP contribution in [-0.4, -0.2) is 31.8 Å². The van der Waals surface area contributed by atoms with Crippen LogP contribution in [0.15, 0.2) is 48.5 Å². The highest BCUT2D eigenvalue weighted by molar-refractivity contribution is 5.81. The van der Waals surface area contributed by atoms with Crippen LogP contribution in [0.1, 0.15) is 19.4 Å². The van der Waals surface area contributed by atoms with Gasteiger partial charge in [-0.3, -0.25) is 4.79 Å². The van der Waals surface area contributed by atoms with Crippen molar-refractivity contribution in [3.63, 3.8) is 0 Å². The summed E-state index contributed by atoms with van der Waals surface area (Å²) in [4.78, 5) is 12.2. The van der Waals surface area contributed by atoms with Crippen LogP contribution in [0.25, 0.3) is 0 Å². The lowest BCUT2D eigenvalue weighted by molar-refractivity contribution is -0.128. The number of hydrogen-bond acceptors (Lipinski definition) is 4. The van der Waals surface area contributed by atoms with Crippen LogP contribution in [0.3, 0.4) is 0 Å². The molecule has 134 valence electrons. The predicted molar refractivity (Wildman–Crippen MR) is 97.4 cm³/mol. The van der Waals surface area contributed by atoms with Crippen molar-refractivity contribution in [3.05, 3.63) is 54.1 Å². The molecule has 2 rings (SSSR count). The van der Waals surface area contributed by atoms with Gasteiger partial charge in [0, 0.05) is 0 Å². The van der Waals surface area contributed by atoms with E-state index >= 15 is 0 Å². The van der Waals surface area contributed by atoms with Crippen molar-refractivity contribution in [3.8, 4) is 17.2 Å². The lowest BCUT2D eigenvalue weighted by Gasteiger charge is -2.19. The number of benzene rings is 2. The lowest BCUT2D eigenvalue weighted by Crippen LogP contribution is -2.43. The molecule has 0 spiro atoms. The Morgan fingerprint density at radius 1 is 0.960 bits per heavy atom. The largest absolute Gasteiger partial charge is 0.497 e. The van der Waals surface area contributed by atoms with Crippen LogP contribution in [0.2, 0.25) is 0 Å². The van der Waals surface area contributed by atoms with Gasteiger partial charge in [0.15, 0.2) is 6.10 Å². The van der Waals surface area contributed by atoms with Gasteiger partial charge in [-0.1, -0.05) is 17.7 Å². The summed E-state index contributed by atoms with van der Waals surface area (Å²) in [6.07, 6.45) is -0.578. The highest BCUT2D eigenvalue weighted by Gasteiger charge is 2.17. The maximum atomic E-state index is 12.2. The molecule has 2 atom stereocenters. The first kappa shape index (κ1) is 18.6. The lowest BCUT2D eigenvalue weighted by atomic mass is 10.2. The SMILES string of the molecule is COc1ccc(OC[C@H](C)NC(=O)[C@H](C)Oc2ccc(C)cc2)cc1. The number of ether oxygens (including phenoxy) is 3. The molecule has 0 unspecified atom stereocenters. The highest BCUT2D eigenvalue weighted by atomic mass is 16.5. The third kappa shape index (κ3) is 6.03. The number of carbonyl (C=O) groups is 1. The third-order valence-electron chi connectivity index (χ3n) is 3.65. The smallest absolute Gasteiger partial charge is 0.261 e. The number of rotatable bonds is 8. The van der Waals surface area contributed by atoms with Gasteiger partial charge < -0.3 is 19.5 Å². The molecule has 0 radical (unpaired) electrons. The summed E-state index contributed by atoms with van der Waals surface area (Å²) >= 11 is 0. The molecule has 5 heteroatoms. The molecule has 0 aliphatic rings. The van der Waals surface area contributed by atoms with Crippen molar-refractivity contribution in [2.24, 2.45) is 0 Å². The Morgan fingerprint density at radius 2 is 1.52 bits per heavy atom. The average molecular weight is 343 g/mol. The van der Waals surface area contributed by atoms with Gasteiger partial charge in [0.05, 0.1) is 13.2 Å². The van der Waals surface area contributed by atoms with Crippen LogP contribution in [0.5, 0.6) is 17.2 Å². The minimum atomic E-state index is -0.578. The van der Waals surface area contributed by atoms with Gasteiger partial charge in [0.25, 0.3) is 5.91 Å². The maximum Gasteiger partial charge on any atom is 0.261 e. The Balaban J connectivity index is 1.77. The van der Waals surface area contributed by atoms with Crippen LogP contribution in [0.4, 0.5) is 0 Å². The topological polar surface area (TPSA) is 56.8 Å². The number of amides is 1. The molecule has 0 fully saturated rings. The molecule has 2 aromatic rings. The number of carbonyl (C=O) groups excluding carboxylic acids is 1. The van der Waals surface area contributed by atoms with E-state index in [1.165, 1.54) is 0 Å². The fourth-order valence-electron chi connectivity index (χ4n) is 2.17. The molecule has 1 amide bonds. The molecule has 25 heavy (non-hydrogen) atoms. The van der Waals surface area contributed by atoms with E-state index < -0.39 is 6.10 Å². The molecule has 0 saturated heterocycles. The van der Waals surface area contributed by atoms with Crippen molar-refractivity contribution in [2.75, 3.05) is 13.7 Å². The second-order valence-corrected chi connectivity index (χ2v) is 5.97. The Kier molecular flexibility index (Phi) is 6.69. The zero-order valence-corrected chi connectivity index (χ0v) is 15.1. The molecular weight excluding hydrogens is 318 g/mol. The van der Waals surface area contributed by atoms with E-state index in [0.29, 0.717) is 12.4 Å². The van der Waals surface area contributed by atoms with Gasteiger partial charge in [-0.15, -0.1) is 0 Å². The van der Waals surface area contributed by atoms with Crippen molar-refractivity contribution < 1.29 is 19.0 Å². The first-order valence-electron chi connectivity index (χ1n) is 8.28. The molecule has 1 N–H and O–H groups in total. The van der Waals surface area contributed by atoms with Crippen molar-refractivity contribution in [2.45, 2.75) is 32.9 Å². The van der Waals surface area contributed by atoms with E-state index in [0.717, 1.165) is 17.1 Å². The van der Waals surface area contributed by atoms with Crippen molar-refractivity contribution in [1.29, 1.82) is 0 Å². The van der Waals surface area contributed by atoms with Crippen molar-refractivity contribution >= 4 is 5.91 Å². The Morgan fingerprint density at radius 3 is 2.12 bits per heavy atom. The molecule has 5 nitrogen and oxygen atoms in total. The quantitative estimate of drug-likeness (QED) is 0.798. The van der Waals surface area contributed by atoms with Crippen molar-refractivity contribution in [1.82, 2.24) is 5.32 Å². The minimum Gasteiger partial charge on any atom is -0.497 e. The maximum absolute atomic E-state index is 12.2. The van der Waals surface area contributed by atoms with Crippen LogP contribution in [0, 0.1) is 6.92 Å². The molecule has 2 aromatic carbocycles. The Hall–Kier alpha value is -2.69. The second-order valence-electron chi connectivity index (χ2n) is 5.97. The molecule has 0 bridgehead atoms. The molecule has 0 heterocycles. The summed E-state index contributed by atoms with van der Waals surface area (Å²) < 4.78 is 16.4. The first-order chi connectivity index (χ1) is 12.0. The van der Waals surface area contributed by atoms with Gasteiger partial charge in [-0.05, 0) is 57.2 Å². The average Bonchev–Trinajstić information content (AvgIpc) is 2.62. The fraction of sp³-hybridized carbons (Fsp3) is 0.350. The normalized spacial score (nSPS) is 12.8. The standard InChI is InChI=1S/C20H25NO4/c1-14-5-7-19(8-6-14)25-16(3)20(22)21-15(2)13-24-18-11-9-17(23-4)10-12-18/h5-12,15-16H,13H2,1-4H3,(H,21,22)/t15-,16-/m0/s1. The minimum absolute atomic E-state index is 0.140. The molecular formula is C20H25NO4. The zero-order chi connectivity index (χ0) is 18.2. The summed E-state index contributed by atoms with van der Waals surface area (Å²) in [6, 6.07) is 14.8. The van der Waals surface area contributed by atoms with E-state index in [4.69, 9.17) is 14.2 Å². The van der Waals surface area contributed by atoms with Crippen LogP contribution in [-0.2, 0) is 4.79 Å². The van der Waals surface area contributed by atoms with Gasteiger partial charge >= 0.3 is 0 Å². The predicted octanol–water partition coefficient (Wildman–Crippen LogP) is 3.35. The Bertz CT molecular complexity index is 667. The van der Waals surface area contributed by atoms with Gasteiger partial charge in [0.2, 0.25) is 0 Å². The Labute approximate surface area is 148 Å². The zero-order valence-electron chi connectivity index (χ0n) is 15.1. The van der Waals surface area contributed by atoms with Gasteiger partial charge in [0.1, 0.15) is 23.9 Å². The van der Waals surface area contributed by atoms with Crippen LogP contribution < -0.4 is 19.5 Å². The van der Waals surface area contributed by atoms with E-state index in [9.17, 15) is 4.79 Å². The number of nitrogens with one attached hydrogen (secondary N) is 1. The summed E-state index contributed by atoms with van der Waals surface area (Å²) in [5.41, 5.74) is 1.15.